The monoisotopic (exact) mass is 330 g/mol. The molecule has 1 aromatic rings. The van der Waals surface area contributed by atoms with Gasteiger partial charge < -0.3 is 10.0 Å². The van der Waals surface area contributed by atoms with Gasteiger partial charge in [0.1, 0.15) is 0 Å². The fraction of sp³-hybridized carbons (Fsp3) is 0.579. The molecule has 2 heterocycles. The second kappa shape index (κ2) is 7.79. The maximum Gasteiger partial charge on any atom is 0.306 e. The van der Waals surface area contributed by atoms with Gasteiger partial charge in [0.25, 0.3) is 5.91 Å². The predicted molar refractivity (Wildman–Crippen MR) is 91.8 cm³/mol. The number of nitrogens with zero attached hydrogens (tertiary/aromatic N) is 2. The number of likely N-dealkylation sites (tertiary alicyclic amines) is 2. The third-order valence-corrected chi connectivity index (χ3v) is 5.19. The highest BCUT2D eigenvalue weighted by Crippen LogP contribution is 2.20. The lowest BCUT2D eigenvalue weighted by Crippen LogP contribution is -2.40. The van der Waals surface area contributed by atoms with Crippen LogP contribution in [0.15, 0.2) is 24.3 Å². The molecule has 0 unspecified atom stereocenters. The lowest BCUT2D eigenvalue weighted by Gasteiger charge is -2.30. The molecule has 5 nitrogen and oxygen atoms in total. The molecule has 0 bridgehead atoms. The van der Waals surface area contributed by atoms with E-state index in [2.05, 4.69) is 4.90 Å². The molecule has 2 fully saturated rings. The minimum atomic E-state index is -0.746. The molecular weight excluding hydrogens is 304 g/mol. The Labute approximate surface area is 143 Å². The Morgan fingerprint density at radius 3 is 2.17 bits per heavy atom. The first-order chi connectivity index (χ1) is 11.6. The number of carboxylic acid groups (broad SMARTS) is 1. The van der Waals surface area contributed by atoms with Crippen LogP contribution < -0.4 is 0 Å². The summed E-state index contributed by atoms with van der Waals surface area (Å²) < 4.78 is 0. The average molecular weight is 330 g/mol. The van der Waals surface area contributed by atoms with Crippen LogP contribution in [0.3, 0.4) is 0 Å². The summed E-state index contributed by atoms with van der Waals surface area (Å²) in [6.07, 6.45) is 5.00. The predicted octanol–water partition coefficient (Wildman–Crippen LogP) is 2.61. The molecule has 0 aromatic heterocycles. The molecule has 1 amide bonds. The zero-order valence-electron chi connectivity index (χ0n) is 14.1. The van der Waals surface area contributed by atoms with Gasteiger partial charge in [0.05, 0.1) is 5.92 Å². The molecule has 0 saturated carbocycles. The lowest BCUT2D eigenvalue weighted by molar-refractivity contribution is -0.143. The number of hydrogen-bond donors (Lipinski definition) is 1. The van der Waals surface area contributed by atoms with Crippen molar-refractivity contribution >= 4 is 11.9 Å². The SMILES string of the molecule is O=C(O)C1CCN(C(=O)c2ccc(CN3CCCCC3)cc2)CC1. The van der Waals surface area contributed by atoms with Gasteiger partial charge in [-0.25, -0.2) is 0 Å². The Hall–Kier alpha value is -1.88. The Kier molecular flexibility index (Phi) is 5.51. The smallest absolute Gasteiger partial charge is 0.306 e. The maximum absolute atomic E-state index is 12.5. The third kappa shape index (κ3) is 4.15. The van der Waals surface area contributed by atoms with E-state index >= 15 is 0 Å². The van der Waals surface area contributed by atoms with E-state index in [9.17, 15) is 9.59 Å². The van der Waals surface area contributed by atoms with Crippen LogP contribution in [0.25, 0.3) is 0 Å². The van der Waals surface area contributed by atoms with Crippen LogP contribution in [0, 0.1) is 5.92 Å². The first-order valence-electron chi connectivity index (χ1n) is 8.97. The van der Waals surface area contributed by atoms with Crippen LogP contribution in [0.1, 0.15) is 48.0 Å². The molecule has 3 rings (SSSR count). The number of amides is 1. The van der Waals surface area contributed by atoms with E-state index in [1.54, 1.807) is 4.90 Å². The van der Waals surface area contributed by atoms with Crippen molar-refractivity contribution in [3.8, 4) is 0 Å². The minimum Gasteiger partial charge on any atom is -0.481 e. The minimum absolute atomic E-state index is 0.0170. The van der Waals surface area contributed by atoms with Gasteiger partial charge >= 0.3 is 5.97 Å². The van der Waals surface area contributed by atoms with Crippen molar-refractivity contribution in [1.82, 2.24) is 9.80 Å². The molecule has 24 heavy (non-hydrogen) atoms. The van der Waals surface area contributed by atoms with Crippen molar-refractivity contribution in [2.45, 2.75) is 38.6 Å². The quantitative estimate of drug-likeness (QED) is 0.922. The number of benzene rings is 1. The summed E-state index contributed by atoms with van der Waals surface area (Å²) in [5, 5.41) is 9.04. The topological polar surface area (TPSA) is 60.9 Å². The summed E-state index contributed by atoms with van der Waals surface area (Å²) in [6, 6.07) is 7.91. The molecule has 2 saturated heterocycles. The summed E-state index contributed by atoms with van der Waals surface area (Å²) in [4.78, 5) is 27.8. The fourth-order valence-corrected chi connectivity index (χ4v) is 3.64. The number of carbonyl (C=O) groups excluding carboxylic acids is 1. The number of piperidine rings is 2. The second-order valence-electron chi connectivity index (χ2n) is 6.94. The van der Waals surface area contributed by atoms with Crippen molar-refractivity contribution in [1.29, 1.82) is 0 Å². The molecule has 5 heteroatoms. The average Bonchev–Trinajstić information content (AvgIpc) is 2.63. The van der Waals surface area contributed by atoms with Crippen LogP contribution in [0.5, 0.6) is 0 Å². The Bertz CT molecular complexity index is 571. The second-order valence-corrected chi connectivity index (χ2v) is 6.94. The van der Waals surface area contributed by atoms with Crippen LogP contribution in [0.2, 0.25) is 0 Å². The molecule has 130 valence electrons. The molecule has 0 radical (unpaired) electrons. The Balaban J connectivity index is 1.55. The van der Waals surface area contributed by atoms with Crippen molar-refractivity contribution in [2.75, 3.05) is 26.2 Å². The van der Waals surface area contributed by atoms with E-state index in [-0.39, 0.29) is 11.8 Å². The van der Waals surface area contributed by atoms with Gasteiger partial charge in [-0.1, -0.05) is 18.6 Å². The van der Waals surface area contributed by atoms with Gasteiger partial charge in [-0.05, 0) is 56.5 Å². The van der Waals surface area contributed by atoms with Crippen molar-refractivity contribution in [3.63, 3.8) is 0 Å². The zero-order chi connectivity index (χ0) is 16.9. The van der Waals surface area contributed by atoms with Crippen LogP contribution >= 0.6 is 0 Å². The van der Waals surface area contributed by atoms with Gasteiger partial charge in [0, 0.05) is 25.2 Å². The van der Waals surface area contributed by atoms with Crippen LogP contribution in [-0.4, -0.2) is 53.0 Å². The Morgan fingerprint density at radius 1 is 0.958 bits per heavy atom. The first kappa shape index (κ1) is 17.0. The van der Waals surface area contributed by atoms with Crippen molar-refractivity contribution < 1.29 is 14.7 Å². The summed E-state index contributed by atoms with van der Waals surface area (Å²) in [6.45, 7) is 4.35. The van der Waals surface area contributed by atoms with E-state index in [4.69, 9.17) is 5.11 Å². The largest absolute Gasteiger partial charge is 0.481 e. The Morgan fingerprint density at radius 2 is 1.58 bits per heavy atom. The normalized spacial score (nSPS) is 20.1. The van der Waals surface area contributed by atoms with Crippen molar-refractivity contribution in [2.24, 2.45) is 5.92 Å². The number of carboxylic acids is 1. The molecule has 1 aromatic carbocycles. The van der Waals surface area contributed by atoms with Gasteiger partial charge in [0.2, 0.25) is 0 Å². The number of hydrogen-bond acceptors (Lipinski definition) is 3. The number of rotatable bonds is 4. The van der Waals surface area contributed by atoms with Gasteiger partial charge in [-0.3, -0.25) is 14.5 Å². The first-order valence-corrected chi connectivity index (χ1v) is 8.97. The van der Waals surface area contributed by atoms with Gasteiger partial charge in [-0.15, -0.1) is 0 Å². The van der Waals surface area contributed by atoms with E-state index < -0.39 is 5.97 Å². The fourth-order valence-electron chi connectivity index (χ4n) is 3.64. The molecule has 2 aliphatic rings. The number of carbonyl (C=O) groups is 2. The van der Waals surface area contributed by atoms with E-state index in [0.29, 0.717) is 31.5 Å². The molecule has 0 spiro atoms. The zero-order valence-corrected chi connectivity index (χ0v) is 14.1. The van der Waals surface area contributed by atoms with E-state index in [0.717, 1.165) is 6.54 Å². The molecule has 2 aliphatic heterocycles. The lowest BCUT2D eigenvalue weighted by atomic mass is 9.96. The van der Waals surface area contributed by atoms with Crippen LogP contribution in [0.4, 0.5) is 0 Å². The summed E-state index contributed by atoms with van der Waals surface area (Å²) in [7, 11) is 0. The highest BCUT2D eigenvalue weighted by molar-refractivity contribution is 5.94. The molecule has 0 atom stereocenters. The third-order valence-electron chi connectivity index (χ3n) is 5.19. The standard InChI is InChI=1S/C19H26N2O3/c22-18(21-12-8-17(9-13-21)19(23)24)16-6-4-15(5-7-16)14-20-10-2-1-3-11-20/h4-7,17H,1-3,8-14H2,(H,23,24). The van der Waals surface area contributed by atoms with Crippen molar-refractivity contribution in [3.05, 3.63) is 35.4 Å². The van der Waals surface area contributed by atoms with Crippen LogP contribution in [-0.2, 0) is 11.3 Å². The summed E-state index contributed by atoms with van der Waals surface area (Å²) in [5.74, 6) is -1.03. The van der Waals surface area contributed by atoms with E-state index in [1.165, 1.54) is 37.9 Å². The summed E-state index contributed by atoms with van der Waals surface area (Å²) in [5.41, 5.74) is 1.95. The maximum atomic E-state index is 12.5. The van der Waals surface area contributed by atoms with Gasteiger partial charge in [0.15, 0.2) is 0 Å². The number of aliphatic carboxylic acids is 1. The molecule has 0 aliphatic carbocycles. The molecule has 1 N–H and O–H groups in total. The van der Waals surface area contributed by atoms with Gasteiger partial charge in [-0.2, -0.15) is 0 Å². The highest BCUT2D eigenvalue weighted by atomic mass is 16.4. The highest BCUT2D eigenvalue weighted by Gasteiger charge is 2.27. The molecular formula is C19H26N2O3. The summed E-state index contributed by atoms with van der Waals surface area (Å²) >= 11 is 0. The van der Waals surface area contributed by atoms with E-state index in [1.807, 2.05) is 24.3 Å².